The second-order valence-electron chi connectivity index (χ2n) is 6.01. The lowest BCUT2D eigenvalue weighted by Crippen LogP contribution is -2.42. The van der Waals surface area contributed by atoms with Crippen LogP contribution in [0.4, 0.5) is 0 Å². The van der Waals surface area contributed by atoms with Crippen LogP contribution in [0.25, 0.3) is 0 Å². The Morgan fingerprint density at radius 2 is 1.46 bits per heavy atom. The molecule has 0 aliphatic heterocycles. The maximum absolute atomic E-state index is 12.5. The standard InChI is InChI=1S/C20H23NO3/c1-14-5-9-17(10-6-14)20(23)16(3)21(4)19(22)13-24-18-11-7-15(2)8-12-18/h5-12,16H,13H2,1-4H3. The van der Waals surface area contributed by atoms with Gasteiger partial charge in [0.15, 0.2) is 12.4 Å². The van der Waals surface area contributed by atoms with Gasteiger partial charge in [-0.25, -0.2) is 0 Å². The number of benzene rings is 2. The summed E-state index contributed by atoms with van der Waals surface area (Å²) in [7, 11) is 1.62. The van der Waals surface area contributed by atoms with Crippen molar-refractivity contribution in [3.8, 4) is 5.75 Å². The number of hydrogen-bond acceptors (Lipinski definition) is 3. The van der Waals surface area contributed by atoms with Gasteiger partial charge >= 0.3 is 0 Å². The second-order valence-corrected chi connectivity index (χ2v) is 6.01. The molecule has 2 aromatic carbocycles. The maximum atomic E-state index is 12.5. The van der Waals surface area contributed by atoms with E-state index in [1.54, 1.807) is 26.1 Å². The van der Waals surface area contributed by atoms with E-state index in [1.165, 1.54) is 4.90 Å². The fraction of sp³-hybridized carbons (Fsp3) is 0.300. The van der Waals surface area contributed by atoms with Crippen LogP contribution in [-0.4, -0.2) is 36.3 Å². The van der Waals surface area contributed by atoms with Crippen molar-refractivity contribution in [2.24, 2.45) is 0 Å². The molecule has 4 heteroatoms. The molecule has 0 aliphatic carbocycles. The number of Topliss-reactive ketones (excluding diaryl/α,β-unsaturated/α-hetero) is 1. The molecule has 0 bridgehead atoms. The molecule has 0 saturated carbocycles. The largest absolute Gasteiger partial charge is 0.484 e. The first-order valence-electron chi connectivity index (χ1n) is 7.94. The minimum Gasteiger partial charge on any atom is -0.484 e. The fourth-order valence-electron chi connectivity index (χ4n) is 2.23. The maximum Gasteiger partial charge on any atom is 0.260 e. The Labute approximate surface area is 143 Å². The molecule has 1 amide bonds. The van der Waals surface area contributed by atoms with Crippen molar-refractivity contribution in [2.45, 2.75) is 26.8 Å². The van der Waals surface area contributed by atoms with Crippen LogP contribution in [0.3, 0.4) is 0 Å². The lowest BCUT2D eigenvalue weighted by molar-refractivity contribution is -0.133. The van der Waals surface area contributed by atoms with Crippen molar-refractivity contribution < 1.29 is 14.3 Å². The van der Waals surface area contributed by atoms with Crippen LogP contribution in [-0.2, 0) is 4.79 Å². The van der Waals surface area contributed by atoms with Gasteiger partial charge in [0.1, 0.15) is 5.75 Å². The molecule has 0 saturated heterocycles. The van der Waals surface area contributed by atoms with Crippen LogP contribution >= 0.6 is 0 Å². The number of amides is 1. The monoisotopic (exact) mass is 325 g/mol. The summed E-state index contributed by atoms with van der Waals surface area (Å²) < 4.78 is 5.49. The average Bonchev–Trinajstić information content (AvgIpc) is 2.59. The number of nitrogens with zero attached hydrogens (tertiary/aromatic N) is 1. The number of aryl methyl sites for hydroxylation is 2. The molecule has 1 atom stereocenters. The SMILES string of the molecule is Cc1ccc(OCC(=O)N(C)C(C)C(=O)c2ccc(C)cc2)cc1. The van der Waals surface area contributed by atoms with Crippen LogP contribution in [0.1, 0.15) is 28.4 Å². The summed E-state index contributed by atoms with van der Waals surface area (Å²) in [5.74, 6) is 0.324. The number of ketones is 1. The predicted octanol–water partition coefficient (Wildman–Crippen LogP) is 3.41. The summed E-state index contributed by atoms with van der Waals surface area (Å²) in [5, 5.41) is 0. The molecule has 0 aromatic heterocycles. The van der Waals surface area contributed by atoms with Crippen molar-refractivity contribution in [3.05, 3.63) is 65.2 Å². The van der Waals surface area contributed by atoms with Gasteiger partial charge in [0.25, 0.3) is 5.91 Å². The number of likely N-dealkylation sites (N-methyl/N-ethyl adjacent to an activating group) is 1. The number of carbonyl (C=O) groups excluding carboxylic acids is 2. The van der Waals surface area contributed by atoms with Crippen LogP contribution < -0.4 is 4.74 Å². The molecule has 0 fully saturated rings. The summed E-state index contributed by atoms with van der Waals surface area (Å²) in [6, 6.07) is 14.3. The van der Waals surface area contributed by atoms with Gasteiger partial charge in [0, 0.05) is 12.6 Å². The average molecular weight is 325 g/mol. The lowest BCUT2D eigenvalue weighted by atomic mass is 10.0. The minimum absolute atomic E-state index is 0.0822. The Kier molecular flexibility index (Phi) is 5.74. The van der Waals surface area contributed by atoms with Gasteiger partial charge in [-0.2, -0.15) is 0 Å². The van der Waals surface area contributed by atoms with E-state index in [2.05, 4.69) is 0 Å². The third kappa shape index (κ3) is 4.44. The molecule has 0 spiro atoms. The van der Waals surface area contributed by atoms with E-state index in [0.29, 0.717) is 11.3 Å². The van der Waals surface area contributed by atoms with E-state index in [0.717, 1.165) is 11.1 Å². The number of carbonyl (C=O) groups is 2. The van der Waals surface area contributed by atoms with Crippen molar-refractivity contribution >= 4 is 11.7 Å². The Bertz CT molecular complexity index is 705. The quantitative estimate of drug-likeness (QED) is 0.765. The Morgan fingerprint density at radius 1 is 0.958 bits per heavy atom. The zero-order valence-electron chi connectivity index (χ0n) is 14.6. The lowest BCUT2D eigenvalue weighted by Gasteiger charge is -2.24. The van der Waals surface area contributed by atoms with E-state index < -0.39 is 6.04 Å². The summed E-state index contributed by atoms with van der Waals surface area (Å²) in [4.78, 5) is 26.2. The summed E-state index contributed by atoms with van der Waals surface area (Å²) in [6.45, 7) is 5.59. The van der Waals surface area contributed by atoms with Gasteiger partial charge in [-0.1, -0.05) is 47.5 Å². The molecule has 0 N–H and O–H groups in total. The highest BCUT2D eigenvalue weighted by atomic mass is 16.5. The topological polar surface area (TPSA) is 46.6 Å². The minimum atomic E-state index is -0.540. The van der Waals surface area contributed by atoms with E-state index >= 15 is 0 Å². The van der Waals surface area contributed by atoms with Crippen LogP contribution in [0, 0.1) is 13.8 Å². The summed E-state index contributed by atoms with van der Waals surface area (Å²) >= 11 is 0. The molecule has 126 valence electrons. The first-order valence-corrected chi connectivity index (χ1v) is 7.94. The van der Waals surface area contributed by atoms with Gasteiger partial charge in [-0.3, -0.25) is 9.59 Å². The van der Waals surface area contributed by atoms with Gasteiger partial charge in [0.2, 0.25) is 0 Å². The zero-order valence-corrected chi connectivity index (χ0v) is 14.6. The molecule has 2 aromatic rings. The van der Waals surface area contributed by atoms with Crippen molar-refractivity contribution in [1.82, 2.24) is 4.90 Å². The van der Waals surface area contributed by atoms with Crippen LogP contribution in [0.2, 0.25) is 0 Å². The predicted molar refractivity (Wildman–Crippen MR) is 94.4 cm³/mol. The van der Waals surface area contributed by atoms with Gasteiger partial charge < -0.3 is 9.64 Å². The molecule has 2 rings (SSSR count). The highest BCUT2D eigenvalue weighted by Gasteiger charge is 2.23. The van der Waals surface area contributed by atoms with Crippen molar-refractivity contribution in [1.29, 1.82) is 0 Å². The molecule has 0 radical (unpaired) electrons. The van der Waals surface area contributed by atoms with Crippen LogP contribution in [0.5, 0.6) is 5.75 Å². The highest BCUT2D eigenvalue weighted by molar-refractivity contribution is 6.01. The number of rotatable bonds is 6. The molecule has 0 heterocycles. The second kappa shape index (κ2) is 7.77. The van der Waals surface area contributed by atoms with Crippen molar-refractivity contribution in [3.63, 3.8) is 0 Å². The molecular formula is C20H23NO3. The Hall–Kier alpha value is -2.62. The van der Waals surface area contributed by atoms with Gasteiger partial charge in [-0.15, -0.1) is 0 Å². The normalized spacial score (nSPS) is 11.7. The molecular weight excluding hydrogens is 302 g/mol. The third-order valence-corrected chi connectivity index (χ3v) is 4.07. The van der Waals surface area contributed by atoms with Crippen molar-refractivity contribution in [2.75, 3.05) is 13.7 Å². The zero-order chi connectivity index (χ0) is 17.7. The van der Waals surface area contributed by atoms with E-state index in [9.17, 15) is 9.59 Å². The fourth-order valence-corrected chi connectivity index (χ4v) is 2.23. The van der Waals surface area contributed by atoms with E-state index in [-0.39, 0.29) is 18.3 Å². The van der Waals surface area contributed by atoms with E-state index in [1.807, 2.05) is 50.2 Å². The highest BCUT2D eigenvalue weighted by Crippen LogP contribution is 2.13. The Balaban J connectivity index is 1.94. The summed E-state index contributed by atoms with van der Waals surface area (Å²) in [5.41, 5.74) is 2.82. The number of ether oxygens (including phenoxy) is 1. The van der Waals surface area contributed by atoms with E-state index in [4.69, 9.17) is 4.74 Å². The molecule has 0 aliphatic rings. The molecule has 4 nitrogen and oxygen atoms in total. The first kappa shape index (κ1) is 17.7. The third-order valence-electron chi connectivity index (χ3n) is 4.07. The number of hydrogen-bond donors (Lipinski definition) is 0. The van der Waals surface area contributed by atoms with Gasteiger partial charge in [-0.05, 0) is 32.9 Å². The Morgan fingerprint density at radius 3 is 2.00 bits per heavy atom. The van der Waals surface area contributed by atoms with Crippen LogP contribution in [0.15, 0.2) is 48.5 Å². The van der Waals surface area contributed by atoms with Gasteiger partial charge in [0.05, 0.1) is 6.04 Å². The molecule has 24 heavy (non-hydrogen) atoms. The smallest absolute Gasteiger partial charge is 0.260 e. The molecule has 1 unspecified atom stereocenters. The summed E-state index contributed by atoms with van der Waals surface area (Å²) in [6.07, 6.45) is 0. The first-order chi connectivity index (χ1) is 11.4.